The SMILES string of the molecule is CC(C)(C)Cc1nnc(C23CC(C4CCN(C(=O)N5CC6(CC(c7n[nH]c(C8CC8)n7)C6)C5)CC4)(C2)C3)o1. The normalized spacial score (nSPS) is 32.5. The molecule has 9 rings (SSSR count). The van der Waals surface area contributed by atoms with Crippen molar-refractivity contribution in [2.75, 3.05) is 26.2 Å². The van der Waals surface area contributed by atoms with Crippen LogP contribution in [-0.2, 0) is 11.8 Å². The van der Waals surface area contributed by atoms with Crippen molar-refractivity contribution in [2.24, 2.45) is 22.2 Å². The first-order valence-corrected chi connectivity index (χ1v) is 14.9. The number of hydrogen-bond acceptors (Lipinski definition) is 6. The molecular formula is C29H41N7O2. The Balaban J connectivity index is 0.794. The number of rotatable bonds is 5. The smallest absolute Gasteiger partial charge is 0.320 e. The van der Waals surface area contributed by atoms with Gasteiger partial charge in [-0.15, -0.1) is 10.2 Å². The molecule has 4 heterocycles. The largest absolute Gasteiger partial charge is 0.425 e. The van der Waals surface area contributed by atoms with Gasteiger partial charge in [0.2, 0.25) is 11.8 Å². The number of carbonyl (C=O) groups excluding carboxylic acids is 1. The lowest BCUT2D eigenvalue weighted by Crippen LogP contribution is -2.69. The molecule has 2 bridgehead atoms. The summed E-state index contributed by atoms with van der Waals surface area (Å²) in [5.41, 5.74) is 1.08. The van der Waals surface area contributed by atoms with Crippen molar-refractivity contribution < 1.29 is 9.21 Å². The predicted octanol–water partition coefficient (Wildman–Crippen LogP) is 4.79. The van der Waals surface area contributed by atoms with Crippen LogP contribution in [0.2, 0.25) is 0 Å². The molecule has 0 unspecified atom stereocenters. The molecular weight excluding hydrogens is 478 g/mol. The number of amides is 2. The van der Waals surface area contributed by atoms with Crippen LogP contribution in [0.15, 0.2) is 4.42 Å². The number of nitrogens with zero attached hydrogens (tertiary/aromatic N) is 6. The molecule has 1 spiro atoms. The van der Waals surface area contributed by atoms with Crippen LogP contribution in [0.5, 0.6) is 0 Å². The van der Waals surface area contributed by atoms with E-state index < -0.39 is 0 Å². The van der Waals surface area contributed by atoms with Gasteiger partial charge in [0.25, 0.3) is 0 Å². The van der Waals surface area contributed by atoms with Crippen LogP contribution in [0.4, 0.5) is 4.79 Å². The molecule has 9 nitrogen and oxygen atoms in total. The molecule has 7 aliphatic rings. The summed E-state index contributed by atoms with van der Waals surface area (Å²) < 4.78 is 6.12. The van der Waals surface area contributed by atoms with Gasteiger partial charge in [0.15, 0.2) is 5.82 Å². The van der Waals surface area contributed by atoms with Crippen LogP contribution in [0.1, 0.15) is 114 Å². The second kappa shape index (κ2) is 7.60. The third-order valence-corrected chi connectivity index (χ3v) is 10.8. The lowest BCUT2D eigenvalue weighted by atomic mass is 9.31. The zero-order chi connectivity index (χ0) is 25.9. The second-order valence-corrected chi connectivity index (χ2v) is 15.3. The lowest BCUT2D eigenvalue weighted by Gasteiger charge is -2.72. The highest BCUT2D eigenvalue weighted by atomic mass is 16.4. The van der Waals surface area contributed by atoms with Crippen LogP contribution in [0.3, 0.4) is 0 Å². The van der Waals surface area contributed by atoms with Crippen molar-refractivity contribution in [3.8, 4) is 0 Å². The Labute approximate surface area is 224 Å². The first-order chi connectivity index (χ1) is 18.1. The molecule has 2 saturated heterocycles. The maximum absolute atomic E-state index is 13.2. The molecule has 0 aromatic carbocycles. The Morgan fingerprint density at radius 1 is 1.00 bits per heavy atom. The van der Waals surface area contributed by atoms with E-state index in [1.54, 1.807) is 0 Å². The summed E-state index contributed by atoms with van der Waals surface area (Å²) in [6.45, 7) is 10.2. The van der Waals surface area contributed by atoms with Crippen molar-refractivity contribution in [3.05, 3.63) is 23.4 Å². The molecule has 5 aliphatic carbocycles. The second-order valence-electron chi connectivity index (χ2n) is 15.3. The number of H-pyrrole nitrogens is 1. The van der Waals surface area contributed by atoms with Gasteiger partial charge in [-0.1, -0.05) is 20.8 Å². The summed E-state index contributed by atoms with van der Waals surface area (Å²) in [4.78, 5) is 22.2. The van der Waals surface area contributed by atoms with Gasteiger partial charge >= 0.3 is 6.03 Å². The molecule has 0 atom stereocenters. The molecule has 2 aromatic rings. The predicted molar refractivity (Wildman–Crippen MR) is 139 cm³/mol. The van der Waals surface area contributed by atoms with Gasteiger partial charge in [0.1, 0.15) is 5.82 Å². The third-order valence-electron chi connectivity index (χ3n) is 10.8. The van der Waals surface area contributed by atoms with E-state index in [9.17, 15) is 4.79 Å². The van der Waals surface area contributed by atoms with E-state index in [1.165, 1.54) is 32.1 Å². The average molecular weight is 520 g/mol. The van der Waals surface area contributed by atoms with Gasteiger partial charge in [-0.3, -0.25) is 5.10 Å². The first-order valence-electron chi connectivity index (χ1n) is 14.9. The Kier molecular flexibility index (Phi) is 4.69. The van der Waals surface area contributed by atoms with E-state index in [0.717, 1.165) is 87.6 Å². The number of carbonyl (C=O) groups is 1. The summed E-state index contributed by atoms with van der Waals surface area (Å²) in [6.07, 6.45) is 11.4. The minimum absolute atomic E-state index is 0.146. The number of piperidine rings is 1. The highest BCUT2D eigenvalue weighted by Crippen LogP contribution is 2.77. The molecule has 2 aromatic heterocycles. The molecule has 9 heteroatoms. The Bertz CT molecular complexity index is 1230. The van der Waals surface area contributed by atoms with Gasteiger partial charge in [-0.25, -0.2) is 9.78 Å². The van der Waals surface area contributed by atoms with Crippen LogP contribution in [0.25, 0.3) is 0 Å². The molecule has 38 heavy (non-hydrogen) atoms. The fraction of sp³-hybridized carbons (Fsp3) is 0.828. The number of hydrogen-bond donors (Lipinski definition) is 1. The van der Waals surface area contributed by atoms with Crippen molar-refractivity contribution in [1.82, 2.24) is 35.2 Å². The number of urea groups is 1. The van der Waals surface area contributed by atoms with Gasteiger partial charge in [0, 0.05) is 49.9 Å². The molecule has 2 aliphatic heterocycles. The van der Waals surface area contributed by atoms with E-state index in [-0.39, 0.29) is 16.9 Å². The number of nitrogens with one attached hydrogen (secondary N) is 1. The summed E-state index contributed by atoms with van der Waals surface area (Å²) in [7, 11) is 0. The van der Waals surface area contributed by atoms with Crippen LogP contribution < -0.4 is 0 Å². The van der Waals surface area contributed by atoms with Crippen LogP contribution >= 0.6 is 0 Å². The monoisotopic (exact) mass is 519 g/mol. The first kappa shape index (κ1) is 23.4. The number of likely N-dealkylation sites (tertiary alicyclic amines) is 2. The van der Waals surface area contributed by atoms with E-state index >= 15 is 0 Å². The molecule has 7 fully saturated rings. The summed E-state index contributed by atoms with van der Waals surface area (Å²) in [5, 5.41) is 16.4. The van der Waals surface area contributed by atoms with Crippen LogP contribution in [0, 0.1) is 22.2 Å². The maximum atomic E-state index is 13.2. The van der Waals surface area contributed by atoms with Crippen molar-refractivity contribution >= 4 is 6.03 Å². The summed E-state index contributed by atoms with van der Waals surface area (Å²) >= 11 is 0. The third kappa shape index (κ3) is 3.59. The van der Waals surface area contributed by atoms with E-state index in [4.69, 9.17) is 9.40 Å². The lowest BCUT2D eigenvalue weighted by molar-refractivity contribution is -0.200. The van der Waals surface area contributed by atoms with Gasteiger partial charge < -0.3 is 14.2 Å². The minimum Gasteiger partial charge on any atom is -0.425 e. The van der Waals surface area contributed by atoms with E-state index in [0.29, 0.717) is 22.7 Å². The molecule has 0 radical (unpaired) electrons. The molecule has 1 N–H and O–H groups in total. The molecule has 5 saturated carbocycles. The van der Waals surface area contributed by atoms with Crippen LogP contribution in [-0.4, -0.2) is 67.4 Å². The Morgan fingerprint density at radius 2 is 1.71 bits per heavy atom. The Morgan fingerprint density at radius 3 is 2.37 bits per heavy atom. The topological polar surface area (TPSA) is 104 Å². The fourth-order valence-corrected chi connectivity index (χ4v) is 8.74. The van der Waals surface area contributed by atoms with Gasteiger partial charge in [-0.05, 0) is 74.5 Å². The standard InChI is InChI=1S/C29H41N7O2/c1-26(2,3)12-21-31-34-24(38-21)29-13-28(14-29,15-29)20-6-8-35(9-7-20)25(37)36-16-27(17-36)10-19(11-27)23-30-22(32-33-23)18-4-5-18/h18-20H,4-17H2,1-3H3,(H,30,32,33). The van der Waals surface area contributed by atoms with Crippen molar-refractivity contribution in [1.29, 1.82) is 0 Å². The summed E-state index contributed by atoms with van der Waals surface area (Å²) in [5.74, 6) is 5.57. The highest BCUT2D eigenvalue weighted by Gasteiger charge is 2.73. The Hall–Kier alpha value is -2.45. The van der Waals surface area contributed by atoms with Gasteiger partial charge in [0.05, 0.1) is 5.41 Å². The zero-order valence-electron chi connectivity index (χ0n) is 23.1. The minimum atomic E-state index is 0.146. The average Bonchev–Trinajstić information content (AvgIpc) is 3.33. The number of aromatic nitrogens is 5. The maximum Gasteiger partial charge on any atom is 0.320 e. The number of aromatic amines is 1. The van der Waals surface area contributed by atoms with E-state index in [1.807, 2.05) is 0 Å². The van der Waals surface area contributed by atoms with Crippen molar-refractivity contribution in [2.45, 2.75) is 102 Å². The fourth-order valence-electron chi connectivity index (χ4n) is 8.74. The zero-order valence-corrected chi connectivity index (χ0v) is 23.1. The van der Waals surface area contributed by atoms with Gasteiger partial charge in [-0.2, -0.15) is 5.10 Å². The van der Waals surface area contributed by atoms with Crippen molar-refractivity contribution in [3.63, 3.8) is 0 Å². The highest BCUT2D eigenvalue weighted by molar-refractivity contribution is 5.75. The van der Waals surface area contributed by atoms with E-state index in [2.05, 4.69) is 51.0 Å². The molecule has 204 valence electrons. The quantitative estimate of drug-likeness (QED) is 0.609. The summed E-state index contributed by atoms with van der Waals surface area (Å²) in [6, 6.07) is 0.262. The molecule has 2 amide bonds.